The molecule has 1 fully saturated rings. The Kier molecular flexibility index (Phi) is 14.6. The Labute approximate surface area is 148 Å². The zero-order valence-electron chi connectivity index (χ0n) is 15.9. The summed E-state index contributed by atoms with van der Waals surface area (Å²) in [4.78, 5) is 7.10. The van der Waals surface area contributed by atoms with E-state index in [0.29, 0.717) is 6.61 Å². The molecule has 0 aliphatic carbocycles. The first-order valence-corrected chi connectivity index (χ1v) is 8.88. The van der Waals surface area contributed by atoms with Crippen molar-refractivity contribution in [3.05, 3.63) is 48.4 Å². The molecule has 0 aromatic carbocycles. The highest BCUT2D eigenvalue weighted by atomic mass is 16.6. The van der Waals surface area contributed by atoms with Gasteiger partial charge in [-0.25, -0.2) is 0 Å². The molecule has 0 atom stereocenters. The highest BCUT2D eigenvalue weighted by Crippen LogP contribution is 2.08. The second-order valence-electron chi connectivity index (χ2n) is 5.55. The molecule has 0 aromatic heterocycles. The summed E-state index contributed by atoms with van der Waals surface area (Å²) in [5, 5.41) is 6.68. The summed E-state index contributed by atoms with van der Waals surface area (Å²) in [5.41, 5.74) is 2.32. The predicted octanol–water partition coefficient (Wildman–Crippen LogP) is 4.64. The topological polar surface area (TPSA) is 36.9 Å². The van der Waals surface area contributed by atoms with Crippen molar-refractivity contribution in [1.82, 2.24) is 10.2 Å². The van der Waals surface area contributed by atoms with Gasteiger partial charge in [0, 0.05) is 25.3 Å². The van der Waals surface area contributed by atoms with Gasteiger partial charge in [-0.2, -0.15) is 0 Å². The summed E-state index contributed by atoms with van der Waals surface area (Å²) in [6, 6.07) is 0. The summed E-state index contributed by atoms with van der Waals surface area (Å²) in [7, 11) is 0. The van der Waals surface area contributed by atoms with E-state index in [2.05, 4.69) is 61.1 Å². The van der Waals surface area contributed by atoms with Crippen LogP contribution in [0.15, 0.2) is 53.5 Å². The molecular formula is C20H35N3O. The highest BCUT2D eigenvalue weighted by Gasteiger charge is 2.03. The quantitative estimate of drug-likeness (QED) is 0.814. The lowest BCUT2D eigenvalue weighted by molar-refractivity contribution is 0.168. The lowest BCUT2D eigenvalue weighted by atomic mass is 10.1. The number of nitrogens with zero attached hydrogens (tertiary/aromatic N) is 2. The van der Waals surface area contributed by atoms with Crippen molar-refractivity contribution in [3.63, 3.8) is 0 Å². The summed E-state index contributed by atoms with van der Waals surface area (Å²) in [6.45, 7) is 15.9. The maximum absolute atomic E-state index is 4.70. The average molecular weight is 334 g/mol. The number of allylic oxidation sites excluding steroid dienone is 4. The van der Waals surface area contributed by atoms with Crippen LogP contribution in [-0.2, 0) is 4.84 Å². The number of piperidine rings is 1. The fraction of sp³-hybridized carbons (Fsp3) is 0.550. The van der Waals surface area contributed by atoms with Crippen molar-refractivity contribution in [1.29, 1.82) is 0 Å². The Morgan fingerprint density at radius 3 is 2.42 bits per heavy atom. The largest absolute Gasteiger partial charge is 0.391 e. The zero-order valence-corrected chi connectivity index (χ0v) is 15.9. The molecule has 4 nitrogen and oxygen atoms in total. The van der Waals surface area contributed by atoms with Gasteiger partial charge in [0.15, 0.2) is 0 Å². The molecule has 2 aliphatic heterocycles. The van der Waals surface area contributed by atoms with Crippen LogP contribution >= 0.6 is 0 Å². The van der Waals surface area contributed by atoms with Crippen molar-refractivity contribution >= 4 is 6.21 Å². The Bertz CT molecular complexity index is 430. The van der Waals surface area contributed by atoms with E-state index in [-0.39, 0.29) is 0 Å². The van der Waals surface area contributed by atoms with Gasteiger partial charge in [-0.15, -0.1) is 0 Å². The molecule has 0 unspecified atom stereocenters. The molecule has 1 N–H and O–H groups in total. The first kappa shape index (κ1) is 22.0. The highest BCUT2D eigenvalue weighted by molar-refractivity contribution is 5.73. The van der Waals surface area contributed by atoms with Crippen LogP contribution in [0.3, 0.4) is 0 Å². The molecular weight excluding hydrogens is 298 g/mol. The van der Waals surface area contributed by atoms with Crippen molar-refractivity contribution in [2.24, 2.45) is 5.16 Å². The van der Waals surface area contributed by atoms with E-state index >= 15 is 0 Å². The SMILES string of the molecule is C/C=C(\C)NCC.C/C=C/N1CCCCC1.C=CC1=CC=NOC1. The summed E-state index contributed by atoms with van der Waals surface area (Å²) in [6.07, 6.45) is 15.8. The standard InChI is InChI=1S/C8H15N.C6H7NO.C6H13N/c1-2-6-9-7-4-3-5-8-9;1-2-6-3-4-7-8-5-6;1-4-6(3)7-5-2/h2,6H,3-5,7-8H2,1H3;2-4H,1,5H2;4,7H,5H2,1-3H3/b6-2+;;6-4+. The summed E-state index contributed by atoms with van der Waals surface area (Å²) < 4.78 is 0. The fourth-order valence-corrected chi connectivity index (χ4v) is 2.12. The van der Waals surface area contributed by atoms with Crippen molar-refractivity contribution in [2.75, 3.05) is 26.2 Å². The van der Waals surface area contributed by atoms with Gasteiger partial charge in [0.1, 0.15) is 6.61 Å². The second-order valence-corrected chi connectivity index (χ2v) is 5.55. The Morgan fingerprint density at radius 1 is 1.33 bits per heavy atom. The van der Waals surface area contributed by atoms with E-state index in [1.54, 1.807) is 12.3 Å². The number of oxime groups is 1. The van der Waals surface area contributed by atoms with E-state index in [4.69, 9.17) is 4.84 Å². The molecule has 0 radical (unpaired) electrons. The molecule has 0 aromatic rings. The molecule has 2 rings (SSSR count). The molecule has 2 heterocycles. The predicted molar refractivity (Wildman–Crippen MR) is 106 cm³/mol. The van der Waals surface area contributed by atoms with Gasteiger partial charge in [0.25, 0.3) is 0 Å². The van der Waals surface area contributed by atoms with Gasteiger partial charge >= 0.3 is 0 Å². The van der Waals surface area contributed by atoms with Crippen LogP contribution in [0, 0.1) is 0 Å². The van der Waals surface area contributed by atoms with Crippen LogP contribution < -0.4 is 5.32 Å². The normalized spacial score (nSPS) is 16.9. The molecule has 1 saturated heterocycles. The minimum Gasteiger partial charge on any atom is -0.391 e. The number of nitrogens with one attached hydrogen (secondary N) is 1. The van der Waals surface area contributed by atoms with Crippen molar-refractivity contribution < 1.29 is 4.84 Å². The minimum atomic E-state index is 0.556. The first-order valence-electron chi connectivity index (χ1n) is 8.88. The zero-order chi connectivity index (χ0) is 18.0. The molecule has 136 valence electrons. The number of likely N-dealkylation sites (tertiary alicyclic amines) is 1. The van der Waals surface area contributed by atoms with Crippen LogP contribution in [0.4, 0.5) is 0 Å². The maximum Gasteiger partial charge on any atom is 0.142 e. The smallest absolute Gasteiger partial charge is 0.142 e. The maximum atomic E-state index is 4.70. The van der Waals surface area contributed by atoms with Gasteiger partial charge in [-0.05, 0) is 64.8 Å². The van der Waals surface area contributed by atoms with Crippen LogP contribution in [-0.4, -0.2) is 37.4 Å². The third kappa shape index (κ3) is 12.6. The van der Waals surface area contributed by atoms with E-state index < -0.39 is 0 Å². The third-order valence-corrected chi connectivity index (χ3v) is 3.56. The third-order valence-electron chi connectivity index (χ3n) is 3.56. The van der Waals surface area contributed by atoms with Gasteiger partial charge in [0.05, 0.1) is 6.21 Å². The second kappa shape index (κ2) is 15.9. The lowest BCUT2D eigenvalue weighted by Crippen LogP contribution is -2.23. The van der Waals surface area contributed by atoms with Crippen LogP contribution in [0.1, 0.15) is 47.0 Å². The minimum absolute atomic E-state index is 0.556. The van der Waals surface area contributed by atoms with Gasteiger partial charge in [-0.3, -0.25) is 0 Å². The van der Waals surface area contributed by atoms with E-state index in [0.717, 1.165) is 12.1 Å². The first-order chi connectivity index (χ1) is 11.7. The van der Waals surface area contributed by atoms with E-state index in [1.807, 2.05) is 13.0 Å². The van der Waals surface area contributed by atoms with Crippen molar-refractivity contribution in [2.45, 2.75) is 47.0 Å². The van der Waals surface area contributed by atoms with E-state index in [9.17, 15) is 0 Å². The Morgan fingerprint density at radius 2 is 2.04 bits per heavy atom. The Hall–Kier alpha value is -1.97. The van der Waals surface area contributed by atoms with Gasteiger partial charge in [0.2, 0.25) is 0 Å². The molecule has 24 heavy (non-hydrogen) atoms. The number of hydrogen-bond acceptors (Lipinski definition) is 4. The Balaban J connectivity index is 0.000000334. The molecule has 0 spiro atoms. The molecule has 0 bridgehead atoms. The summed E-state index contributed by atoms with van der Waals surface area (Å²) in [5.74, 6) is 0. The van der Waals surface area contributed by atoms with Gasteiger partial charge in [-0.1, -0.05) is 30.0 Å². The van der Waals surface area contributed by atoms with E-state index in [1.165, 1.54) is 38.0 Å². The molecule has 4 heteroatoms. The molecule has 2 aliphatic rings. The van der Waals surface area contributed by atoms with Crippen LogP contribution in [0.25, 0.3) is 0 Å². The van der Waals surface area contributed by atoms with Crippen molar-refractivity contribution in [3.8, 4) is 0 Å². The lowest BCUT2D eigenvalue weighted by Gasteiger charge is -2.24. The molecule has 0 amide bonds. The number of hydrogen-bond donors (Lipinski definition) is 1. The monoisotopic (exact) mass is 333 g/mol. The fourth-order valence-electron chi connectivity index (χ4n) is 2.12. The van der Waals surface area contributed by atoms with Crippen LogP contribution in [0.5, 0.6) is 0 Å². The molecule has 0 saturated carbocycles. The summed E-state index contributed by atoms with van der Waals surface area (Å²) >= 11 is 0. The van der Waals surface area contributed by atoms with Gasteiger partial charge < -0.3 is 15.1 Å². The number of rotatable bonds is 4. The average Bonchev–Trinajstić information content (AvgIpc) is 2.65. The van der Waals surface area contributed by atoms with Crippen LogP contribution in [0.2, 0.25) is 0 Å².